The monoisotopic (exact) mass is 379 g/mol. The van der Waals surface area contributed by atoms with Crippen LogP contribution in [-0.2, 0) is 23.7 Å². The Bertz CT molecular complexity index is 1040. The zero-order chi connectivity index (χ0) is 19.6. The van der Waals surface area contributed by atoms with Gasteiger partial charge < -0.3 is 0 Å². The molecular formula is C22H22ClN3O. The molecule has 4 rings (SSSR count). The van der Waals surface area contributed by atoms with E-state index in [2.05, 4.69) is 13.0 Å². The molecule has 0 N–H and O–H groups in total. The van der Waals surface area contributed by atoms with Crippen LogP contribution in [0.1, 0.15) is 38.4 Å². The van der Waals surface area contributed by atoms with Crippen molar-refractivity contribution in [3.63, 3.8) is 0 Å². The van der Waals surface area contributed by atoms with Gasteiger partial charge in [0.05, 0.1) is 17.0 Å². The molecule has 0 bridgehead atoms. The van der Waals surface area contributed by atoms with Gasteiger partial charge in [0.1, 0.15) is 6.07 Å². The average Bonchev–Trinajstić information content (AvgIpc) is 2.96. The summed E-state index contributed by atoms with van der Waals surface area (Å²) >= 11 is 6.47. The number of Topliss-reactive ketones (excluding diaryl/α,β-unsaturated/α-hetero) is 1. The predicted octanol–water partition coefficient (Wildman–Crippen LogP) is 4.62. The van der Waals surface area contributed by atoms with E-state index in [0.717, 1.165) is 29.8 Å². The third kappa shape index (κ3) is 2.34. The lowest BCUT2D eigenvalue weighted by atomic mass is 9.52. The van der Waals surface area contributed by atoms with Crippen molar-refractivity contribution in [3.8, 4) is 17.3 Å². The molecule has 2 aromatic rings. The molecule has 1 heterocycles. The number of allylic oxidation sites excluding steroid dienone is 2. The Hall–Kier alpha value is -2.38. The van der Waals surface area contributed by atoms with E-state index in [1.54, 1.807) is 0 Å². The van der Waals surface area contributed by atoms with Gasteiger partial charge in [-0.2, -0.15) is 10.4 Å². The van der Waals surface area contributed by atoms with Crippen LogP contribution < -0.4 is 0 Å². The van der Waals surface area contributed by atoms with Gasteiger partial charge in [0.2, 0.25) is 0 Å². The van der Waals surface area contributed by atoms with Crippen molar-refractivity contribution in [2.24, 2.45) is 18.4 Å². The zero-order valence-corrected chi connectivity index (χ0v) is 16.8. The molecule has 2 aliphatic rings. The first-order valence-electron chi connectivity index (χ1n) is 9.20. The number of carbonyl (C=O) groups is 1. The van der Waals surface area contributed by atoms with E-state index in [4.69, 9.17) is 16.7 Å². The summed E-state index contributed by atoms with van der Waals surface area (Å²) in [5, 5.41) is 15.1. The third-order valence-corrected chi connectivity index (χ3v) is 6.79. The second kappa shape index (κ2) is 5.81. The Morgan fingerprint density at radius 3 is 2.67 bits per heavy atom. The molecule has 1 aromatic carbocycles. The summed E-state index contributed by atoms with van der Waals surface area (Å²) in [6, 6.07) is 9.91. The van der Waals surface area contributed by atoms with E-state index in [9.17, 15) is 10.1 Å². The van der Waals surface area contributed by atoms with Crippen LogP contribution in [0.4, 0.5) is 0 Å². The molecule has 2 aliphatic carbocycles. The molecule has 2 atom stereocenters. The topological polar surface area (TPSA) is 58.7 Å². The minimum absolute atomic E-state index is 0.0572. The number of aromatic nitrogens is 2. The van der Waals surface area contributed by atoms with Crippen LogP contribution in [0.2, 0.25) is 5.02 Å². The number of halogens is 1. The van der Waals surface area contributed by atoms with Crippen LogP contribution in [0, 0.1) is 22.7 Å². The second-order valence-corrected chi connectivity index (χ2v) is 8.78. The molecule has 2 unspecified atom stereocenters. The van der Waals surface area contributed by atoms with Gasteiger partial charge in [-0.15, -0.1) is 0 Å². The van der Waals surface area contributed by atoms with Gasteiger partial charge >= 0.3 is 0 Å². The molecular weight excluding hydrogens is 358 g/mol. The van der Waals surface area contributed by atoms with Crippen molar-refractivity contribution in [1.82, 2.24) is 9.78 Å². The molecule has 0 saturated carbocycles. The summed E-state index contributed by atoms with van der Waals surface area (Å²) in [5.74, 6) is 0.0503. The highest BCUT2D eigenvalue weighted by Gasteiger charge is 2.55. The number of benzene rings is 1. The van der Waals surface area contributed by atoms with Crippen LogP contribution in [0.25, 0.3) is 11.3 Å². The highest BCUT2D eigenvalue weighted by Crippen LogP contribution is 2.55. The van der Waals surface area contributed by atoms with Crippen molar-refractivity contribution in [2.75, 3.05) is 0 Å². The lowest BCUT2D eigenvalue weighted by Crippen LogP contribution is -2.51. The summed E-state index contributed by atoms with van der Waals surface area (Å²) in [7, 11) is 1.93. The quantitative estimate of drug-likeness (QED) is 0.726. The van der Waals surface area contributed by atoms with E-state index in [-0.39, 0.29) is 17.3 Å². The van der Waals surface area contributed by atoms with Gasteiger partial charge in [-0.1, -0.05) is 56.6 Å². The number of hydrogen-bond donors (Lipinski definition) is 0. The van der Waals surface area contributed by atoms with Crippen molar-refractivity contribution in [3.05, 3.63) is 52.2 Å². The number of rotatable bonds is 1. The van der Waals surface area contributed by atoms with Crippen LogP contribution >= 0.6 is 11.6 Å². The molecule has 0 radical (unpaired) electrons. The van der Waals surface area contributed by atoms with Gasteiger partial charge in [-0.05, 0) is 24.8 Å². The highest BCUT2D eigenvalue weighted by molar-refractivity contribution is 6.33. The van der Waals surface area contributed by atoms with Crippen molar-refractivity contribution >= 4 is 17.4 Å². The summed E-state index contributed by atoms with van der Waals surface area (Å²) in [4.78, 5) is 12.8. The Morgan fingerprint density at radius 2 is 2.00 bits per heavy atom. The first-order chi connectivity index (χ1) is 12.7. The van der Waals surface area contributed by atoms with Crippen LogP contribution in [0.15, 0.2) is 35.9 Å². The maximum Gasteiger partial charge on any atom is 0.178 e. The Morgan fingerprint density at radius 1 is 1.30 bits per heavy atom. The molecule has 0 spiro atoms. The van der Waals surface area contributed by atoms with Crippen LogP contribution in [-0.4, -0.2) is 15.6 Å². The fourth-order valence-corrected chi connectivity index (χ4v) is 5.44. The molecule has 4 nitrogen and oxygen atoms in total. The largest absolute Gasteiger partial charge is 0.293 e. The third-order valence-electron chi connectivity index (χ3n) is 6.46. The number of nitrogens with zero attached hydrogens (tertiary/aromatic N) is 3. The van der Waals surface area contributed by atoms with Gasteiger partial charge in [-0.25, -0.2) is 0 Å². The first-order valence-corrected chi connectivity index (χ1v) is 9.58. The SMILES string of the molecule is Cn1nc2c(c1-c1ccccc1Cl)CCC1C(C)(C)C(=O)C(C#N)=CC21C. The second-order valence-electron chi connectivity index (χ2n) is 8.37. The summed E-state index contributed by atoms with van der Waals surface area (Å²) in [6.45, 7) is 6.04. The van der Waals surface area contributed by atoms with Gasteiger partial charge in [0.25, 0.3) is 0 Å². The summed E-state index contributed by atoms with van der Waals surface area (Å²) in [6.07, 6.45) is 3.57. The van der Waals surface area contributed by atoms with Crippen molar-refractivity contribution < 1.29 is 4.79 Å². The smallest absolute Gasteiger partial charge is 0.178 e. The maximum atomic E-state index is 12.8. The molecule has 138 valence electrons. The van der Waals surface area contributed by atoms with Crippen molar-refractivity contribution in [2.45, 2.75) is 39.0 Å². The summed E-state index contributed by atoms with van der Waals surface area (Å²) < 4.78 is 1.89. The van der Waals surface area contributed by atoms with Crippen molar-refractivity contribution in [1.29, 1.82) is 5.26 Å². The predicted molar refractivity (Wildman–Crippen MR) is 105 cm³/mol. The van der Waals surface area contributed by atoms with Crippen LogP contribution in [0.5, 0.6) is 0 Å². The lowest BCUT2D eigenvalue weighted by molar-refractivity contribution is -0.128. The Balaban J connectivity index is 1.98. The van der Waals surface area contributed by atoms with Gasteiger partial charge in [0, 0.05) is 34.0 Å². The highest BCUT2D eigenvalue weighted by atomic mass is 35.5. The molecule has 0 aliphatic heterocycles. The van der Waals surface area contributed by atoms with E-state index in [0.29, 0.717) is 5.02 Å². The molecule has 0 fully saturated rings. The number of ketones is 1. The van der Waals surface area contributed by atoms with E-state index < -0.39 is 10.8 Å². The van der Waals surface area contributed by atoms with Crippen LogP contribution in [0.3, 0.4) is 0 Å². The Kier molecular flexibility index (Phi) is 3.87. The van der Waals surface area contributed by atoms with E-state index in [1.165, 1.54) is 5.56 Å². The standard InChI is InChI=1S/C22H22ClN3O/c1-21(2)17-10-9-15-18(14-7-5-6-8-16(14)23)26(4)25-19(15)22(17,3)11-13(12-24)20(21)27/h5-8,11,17H,9-10H2,1-4H3. The normalized spacial score (nSPS) is 26.0. The van der Waals surface area contributed by atoms with Gasteiger partial charge in [-0.3, -0.25) is 9.48 Å². The number of carbonyl (C=O) groups excluding carboxylic acids is 1. The summed E-state index contributed by atoms with van der Waals surface area (Å²) in [5.41, 5.74) is 3.33. The number of hydrogen-bond acceptors (Lipinski definition) is 3. The maximum absolute atomic E-state index is 12.8. The number of aryl methyl sites for hydroxylation is 1. The molecule has 27 heavy (non-hydrogen) atoms. The van der Waals surface area contributed by atoms with E-state index in [1.807, 2.05) is 55.9 Å². The Labute approximate surface area is 164 Å². The number of fused-ring (bicyclic) bond motifs is 3. The minimum atomic E-state index is -0.589. The zero-order valence-electron chi connectivity index (χ0n) is 16.0. The van der Waals surface area contributed by atoms with E-state index >= 15 is 0 Å². The fraction of sp³-hybridized carbons (Fsp3) is 0.409. The van der Waals surface area contributed by atoms with Gasteiger partial charge in [0.15, 0.2) is 5.78 Å². The minimum Gasteiger partial charge on any atom is -0.293 e. The lowest BCUT2D eigenvalue weighted by Gasteiger charge is -2.49. The fourth-order valence-electron chi connectivity index (χ4n) is 5.21. The molecule has 5 heteroatoms. The molecule has 0 amide bonds. The molecule has 1 aromatic heterocycles. The average molecular weight is 380 g/mol. The number of nitriles is 1. The molecule has 0 saturated heterocycles. The first kappa shape index (κ1) is 18.0.